The summed E-state index contributed by atoms with van der Waals surface area (Å²) in [6.07, 6.45) is 0.395. The van der Waals surface area contributed by atoms with Crippen molar-refractivity contribution >= 4 is 19.4 Å². The Bertz CT molecular complexity index is 1160. The molecular formula is C25H21N2O5P. The molecule has 1 unspecified atom stereocenters. The summed E-state index contributed by atoms with van der Waals surface area (Å²) in [4.78, 5) is 29.8. The van der Waals surface area contributed by atoms with Gasteiger partial charge in [0.2, 0.25) is 0 Å². The molecule has 1 heterocycles. The van der Waals surface area contributed by atoms with Gasteiger partial charge in [0.1, 0.15) is 11.5 Å². The van der Waals surface area contributed by atoms with Gasteiger partial charge in [-0.05, 0) is 42.8 Å². The van der Waals surface area contributed by atoms with Gasteiger partial charge < -0.3 is 9.05 Å². The first-order valence-electron chi connectivity index (χ1n) is 10.4. The Morgan fingerprint density at radius 3 is 1.70 bits per heavy atom. The van der Waals surface area contributed by atoms with E-state index in [1.165, 1.54) is 0 Å². The molecule has 0 aliphatic carbocycles. The molecule has 0 N–H and O–H groups in total. The molecule has 0 aromatic heterocycles. The number of amides is 2. The average molecular weight is 460 g/mol. The van der Waals surface area contributed by atoms with Gasteiger partial charge in [-0.3, -0.25) is 19.3 Å². The molecule has 0 fully saturated rings. The van der Waals surface area contributed by atoms with Gasteiger partial charge in [0.05, 0.1) is 11.1 Å². The van der Waals surface area contributed by atoms with Crippen LogP contribution in [0.15, 0.2) is 84.9 Å². The van der Waals surface area contributed by atoms with Crippen LogP contribution in [0.4, 0.5) is 0 Å². The summed E-state index contributed by atoms with van der Waals surface area (Å²) in [5.74, 6) is -1.19. The largest absolute Gasteiger partial charge is 0.512 e. The monoisotopic (exact) mass is 460 g/mol. The Labute approximate surface area is 191 Å². The predicted molar refractivity (Wildman–Crippen MR) is 123 cm³/mol. The molecule has 0 radical (unpaired) electrons. The lowest BCUT2D eigenvalue weighted by Crippen LogP contribution is -2.31. The number of hydrogen-bond acceptors (Lipinski definition) is 5. The molecule has 0 bridgehead atoms. The first kappa shape index (κ1) is 22.3. The van der Waals surface area contributed by atoms with Crippen molar-refractivity contribution in [1.82, 2.24) is 4.90 Å². The third-order valence-corrected chi connectivity index (χ3v) is 7.22. The van der Waals surface area contributed by atoms with Crippen LogP contribution in [0.3, 0.4) is 0 Å². The highest BCUT2D eigenvalue weighted by atomic mass is 31.2. The van der Waals surface area contributed by atoms with Crippen LogP contribution in [0.5, 0.6) is 11.5 Å². The molecule has 3 aromatic carbocycles. The minimum Gasteiger partial charge on any atom is -0.411 e. The smallest absolute Gasteiger partial charge is 0.411 e. The van der Waals surface area contributed by atoms with Gasteiger partial charge >= 0.3 is 13.4 Å². The van der Waals surface area contributed by atoms with Crippen molar-refractivity contribution in [2.45, 2.75) is 18.6 Å². The Morgan fingerprint density at radius 2 is 1.24 bits per heavy atom. The summed E-state index contributed by atoms with van der Waals surface area (Å²) in [6, 6.07) is 23.7. The van der Waals surface area contributed by atoms with Crippen molar-refractivity contribution < 1.29 is 23.2 Å². The second kappa shape index (κ2) is 9.72. The van der Waals surface area contributed by atoms with Crippen molar-refractivity contribution in [2.24, 2.45) is 0 Å². The quantitative estimate of drug-likeness (QED) is 0.234. The van der Waals surface area contributed by atoms with Crippen LogP contribution in [0.2, 0.25) is 0 Å². The van der Waals surface area contributed by atoms with Crippen molar-refractivity contribution in [1.29, 1.82) is 0 Å². The number of para-hydroxylation sites is 2. The zero-order valence-electron chi connectivity index (χ0n) is 17.7. The van der Waals surface area contributed by atoms with E-state index in [1.54, 1.807) is 84.9 Å². The highest BCUT2D eigenvalue weighted by Crippen LogP contribution is 2.54. The number of hydrogen-bond donors (Lipinski definition) is 0. The van der Waals surface area contributed by atoms with E-state index in [1.807, 2.05) is 0 Å². The van der Waals surface area contributed by atoms with Gasteiger partial charge in [-0.25, -0.2) is 11.1 Å². The van der Waals surface area contributed by atoms with Crippen molar-refractivity contribution in [2.75, 3.05) is 6.54 Å². The fourth-order valence-corrected chi connectivity index (χ4v) is 5.32. The van der Waals surface area contributed by atoms with Crippen LogP contribution >= 0.6 is 7.60 Å². The highest BCUT2D eigenvalue weighted by molar-refractivity contribution is 7.55. The van der Waals surface area contributed by atoms with Crippen LogP contribution in [-0.4, -0.2) is 29.0 Å². The zero-order valence-corrected chi connectivity index (χ0v) is 18.6. The third-order valence-electron chi connectivity index (χ3n) is 5.19. The van der Waals surface area contributed by atoms with E-state index in [-0.39, 0.29) is 31.2 Å². The summed E-state index contributed by atoms with van der Waals surface area (Å²) in [5.41, 5.74) is 0.740. The second-order valence-electron chi connectivity index (χ2n) is 7.41. The fourth-order valence-electron chi connectivity index (χ4n) is 3.56. The summed E-state index contributed by atoms with van der Waals surface area (Å²) in [5, 5.41) is 0. The molecular weight excluding hydrogens is 439 g/mol. The van der Waals surface area contributed by atoms with Crippen molar-refractivity contribution in [3.63, 3.8) is 0 Å². The van der Waals surface area contributed by atoms with E-state index in [0.717, 1.165) is 4.90 Å². The van der Waals surface area contributed by atoms with Crippen LogP contribution in [0.1, 0.15) is 33.6 Å². The van der Waals surface area contributed by atoms with Crippen LogP contribution in [0.25, 0.3) is 4.85 Å². The molecule has 1 atom stereocenters. The molecule has 3 aromatic rings. The van der Waals surface area contributed by atoms with E-state index in [0.29, 0.717) is 22.6 Å². The van der Waals surface area contributed by atoms with E-state index in [9.17, 15) is 14.2 Å². The Hall–Kier alpha value is -3.88. The van der Waals surface area contributed by atoms with Gasteiger partial charge in [0, 0.05) is 13.0 Å². The Balaban J connectivity index is 1.49. The normalized spacial score (nSPS) is 13.8. The van der Waals surface area contributed by atoms with Gasteiger partial charge in [-0.2, -0.15) is 0 Å². The maximum atomic E-state index is 13.8. The standard InChI is InChI=1S/C25H21N2O5P/c1-26-23(17-10-18-27-24(28)21-15-8-9-16-22(21)25(27)29)33(30,31-19-11-4-2-5-12-19)32-20-13-6-3-7-14-20/h2-9,11-16,23H,10,17-18H2. The minimum absolute atomic E-state index is 0.106. The maximum Gasteiger partial charge on any atom is 0.512 e. The van der Waals surface area contributed by atoms with E-state index in [2.05, 4.69) is 4.85 Å². The first-order valence-corrected chi connectivity index (χ1v) is 12.0. The molecule has 0 saturated heterocycles. The highest BCUT2D eigenvalue weighted by Gasteiger charge is 2.45. The fraction of sp³-hybridized carbons (Fsp3) is 0.160. The molecule has 1 aliphatic rings. The predicted octanol–water partition coefficient (Wildman–Crippen LogP) is 5.66. The lowest BCUT2D eigenvalue weighted by Gasteiger charge is -2.21. The molecule has 0 saturated carbocycles. The van der Waals surface area contributed by atoms with E-state index >= 15 is 0 Å². The van der Waals surface area contributed by atoms with Gasteiger partial charge in [-0.1, -0.05) is 48.5 Å². The number of carbonyl (C=O) groups excluding carboxylic acids is 2. The van der Waals surface area contributed by atoms with Crippen molar-refractivity contribution in [3.05, 3.63) is 107 Å². The summed E-state index contributed by atoms with van der Waals surface area (Å²) >= 11 is 0. The number of imide groups is 1. The lowest BCUT2D eigenvalue weighted by atomic mass is 10.1. The van der Waals surface area contributed by atoms with E-state index < -0.39 is 13.4 Å². The van der Waals surface area contributed by atoms with Crippen LogP contribution < -0.4 is 9.05 Å². The summed E-state index contributed by atoms with van der Waals surface area (Å²) in [7, 11) is -3.97. The number of benzene rings is 3. The molecule has 7 nitrogen and oxygen atoms in total. The molecule has 4 rings (SSSR count). The molecule has 2 amide bonds. The minimum atomic E-state index is -3.97. The third kappa shape index (κ3) is 4.82. The molecule has 8 heteroatoms. The Kier molecular flexibility index (Phi) is 6.58. The van der Waals surface area contributed by atoms with Crippen molar-refractivity contribution in [3.8, 4) is 11.5 Å². The molecule has 1 aliphatic heterocycles. The zero-order chi connectivity index (χ0) is 23.3. The van der Waals surface area contributed by atoms with E-state index in [4.69, 9.17) is 15.6 Å². The first-order chi connectivity index (χ1) is 16.0. The van der Waals surface area contributed by atoms with Gasteiger partial charge in [0.15, 0.2) is 0 Å². The number of fused-ring (bicyclic) bond motifs is 1. The molecule has 166 valence electrons. The average Bonchev–Trinajstić information content (AvgIpc) is 3.08. The lowest BCUT2D eigenvalue weighted by molar-refractivity contribution is 0.0652. The van der Waals surface area contributed by atoms with Crippen LogP contribution in [-0.2, 0) is 4.57 Å². The second-order valence-corrected chi connectivity index (χ2v) is 9.45. The SMILES string of the molecule is [C-]#[N+]C(CCCN1C(=O)c2ccccc2C1=O)P(=O)(Oc1ccccc1)Oc1ccccc1. The Morgan fingerprint density at radius 1 is 0.788 bits per heavy atom. The number of carbonyl (C=O) groups is 2. The number of rotatable bonds is 9. The molecule has 0 spiro atoms. The van der Waals surface area contributed by atoms with Gasteiger partial charge in [-0.15, -0.1) is 0 Å². The summed E-state index contributed by atoms with van der Waals surface area (Å²) < 4.78 is 25.3. The summed E-state index contributed by atoms with van der Waals surface area (Å²) in [6.45, 7) is 7.77. The van der Waals surface area contributed by atoms with Crippen LogP contribution in [0, 0.1) is 6.57 Å². The van der Waals surface area contributed by atoms with Gasteiger partial charge in [0.25, 0.3) is 11.8 Å². The topological polar surface area (TPSA) is 77.3 Å². The number of nitrogens with zero attached hydrogens (tertiary/aromatic N) is 2. The maximum absolute atomic E-state index is 13.8. The molecule has 33 heavy (non-hydrogen) atoms.